The fourth-order valence-electron chi connectivity index (χ4n) is 9.01. The number of likely N-dealkylation sites (N-methyl/N-ethyl adjacent to an activating group) is 1. The average molecular weight is 627 g/mol. The first-order chi connectivity index (χ1) is 21.7. The van der Waals surface area contributed by atoms with Gasteiger partial charge in [-0.15, -0.1) is 0 Å². The molecule has 3 aliphatic heterocycles. The lowest BCUT2D eigenvalue weighted by Crippen LogP contribution is -2.95. The Morgan fingerprint density at radius 3 is 2.51 bits per heavy atom. The van der Waals surface area contributed by atoms with Gasteiger partial charge in [0, 0.05) is 39.4 Å². The molecular formula is C36H42N4O4S. The van der Waals surface area contributed by atoms with Gasteiger partial charge in [0.1, 0.15) is 16.7 Å². The van der Waals surface area contributed by atoms with Gasteiger partial charge in [-0.3, -0.25) is 19.2 Å². The molecule has 236 valence electrons. The van der Waals surface area contributed by atoms with E-state index in [9.17, 15) is 13.8 Å². The topological polar surface area (TPSA) is 83.9 Å². The van der Waals surface area contributed by atoms with Gasteiger partial charge >= 0.3 is 0 Å². The van der Waals surface area contributed by atoms with Crippen LogP contribution in [-0.2, 0) is 22.3 Å². The zero-order valence-corrected chi connectivity index (χ0v) is 27.4. The van der Waals surface area contributed by atoms with Crippen LogP contribution in [0.15, 0.2) is 42.0 Å². The molecule has 2 aliphatic carbocycles. The number of methoxy groups -OCH3 is 1. The molecule has 8 rings (SSSR count). The van der Waals surface area contributed by atoms with Crippen molar-refractivity contribution in [3.05, 3.63) is 58.7 Å². The molecule has 45 heavy (non-hydrogen) atoms. The minimum absolute atomic E-state index is 0.123. The molecule has 4 unspecified atom stereocenters. The number of nitrogens with one attached hydrogen (secondary N) is 1. The van der Waals surface area contributed by atoms with E-state index in [4.69, 9.17) is 4.74 Å². The van der Waals surface area contributed by atoms with Crippen molar-refractivity contribution < 1.29 is 18.5 Å². The molecule has 8 nitrogen and oxygen atoms in total. The molecule has 2 amide bonds. The molecule has 2 saturated carbocycles. The van der Waals surface area contributed by atoms with Crippen molar-refractivity contribution in [1.29, 1.82) is 0 Å². The van der Waals surface area contributed by atoms with Crippen LogP contribution in [-0.4, -0.2) is 74.0 Å². The van der Waals surface area contributed by atoms with Crippen LogP contribution in [0.25, 0.3) is 28.2 Å². The van der Waals surface area contributed by atoms with Gasteiger partial charge in [-0.2, -0.15) is 0 Å². The first kappa shape index (κ1) is 29.0. The van der Waals surface area contributed by atoms with Crippen molar-refractivity contribution in [1.82, 2.24) is 19.1 Å². The highest BCUT2D eigenvalue weighted by atomic mass is 32.2. The number of hydrogen-bond donors (Lipinski definition) is 1. The van der Waals surface area contributed by atoms with Crippen LogP contribution in [0, 0.1) is 0 Å². The van der Waals surface area contributed by atoms with Gasteiger partial charge in [0.15, 0.2) is 0 Å². The van der Waals surface area contributed by atoms with Gasteiger partial charge in [0.05, 0.1) is 37.0 Å². The predicted octanol–water partition coefficient (Wildman–Crippen LogP) is 5.62. The van der Waals surface area contributed by atoms with Gasteiger partial charge in [0.25, 0.3) is 11.8 Å². The number of piperidine rings is 1. The molecular weight excluding hydrogens is 584 g/mol. The summed E-state index contributed by atoms with van der Waals surface area (Å²) >= 11 is 0. The van der Waals surface area contributed by atoms with Crippen molar-refractivity contribution in [3.8, 4) is 17.0 Å². The zero-order chi connectivity index (χ0) is 31.2. The zero-order valence-electron chi connectivity index (χ0n) is 26.6. The van der Waals surface area contributed by atoms with E-state index in [1.54, 1.807) is 7.11 Å². The predicted molar refractivity (Wildman–Crippen MR) is 177 cm³/mol. The van der Waals surface area contributed by atoms with Crippen LogP contribution in [0.5, 0.6) is 5.75 Å². The number of rotatable bonds is 6. The summed E-state index contributed by atoms with van der Waals surface area (Å²) < 4.78 is 23.2. The third kappa shape index (κ3) is 4.15. The molecule has 0 radical (unpaired) electrons. The number of nitrogens with zero attached hydrogens (tertiary/aromatic N) is 3. The number of likely N-dealkylation sites (tertiary alicyclic amines) is 2. The monoisotopic (exact) mass is 626 g/mol. The van der Waals surface area contributed by atoms with E-state index in [-0.39, 0.29) is 22.6 Å². The average Bonchev–Trinajstić information content (AvgIpc) is 3.23. The lowest BCUT2D eigenvalue weighted by molar-refractivity contribution is -0.273. The Morgan fingerprint density at radius 1 is 1.04 bits per heavy atom. The number of amides is 2. The fraction of sp³-hybridized carbons (Fsp3) is 0.500. The van der Waals surface area contributed by atoms with E-state index in [0.717, 1.165) is 64.9 Å². The van der Waals surface area contributed by atoms with Crippen molar-refractivity contribution in [3.63, 3.8) is 0 Å². The smallest absolute Gasteiger partial charge is 0.263 e. The van der Waals surface area contributed by atoms with Gasteiger partial charge in [-0.1, -0.05) is 25.3 Å². The van der Waals surface area contributed by atoms with Crippen LogP contribution < -0.4 is 9.46 Å². The van der Waals surface area contributed by atoms with Crippen LogP contribution in [0.4, 0.5) is 0 Å². The second-order valence-corrected chi connectivity index (χ2v) is 15.7. The van der Waals surface area contributed by atoms with Crippen LogP contribution >= 0.6 is 0 Å². The highest BCUT2D eigenvalue weighted by Gasteiger charge is 2.75. The lowest BCUT2D eigenvalue weighted by atomic mass is 9.52. The first-order valence-electron chi connectivity index (χ1n) is 16.5. The minimum atomic E-state index is -1.47. The Morgan fingerprint density at radius 2 is 1.84 bits per heavy atom. The van der Waals surface area contributed by atoms with E-state index >= 15 is 0 Å². The Hall–Kier alpha value is -3.43. The summed E-state index contributed by atoms with van der Waals surface area (Å²) in [5, 5.41) is 0.954. The van der Waals surface area contributed by atoms with Crippen molar-refractivity contribution in [2.75, 3.05) is 20.7 Å². The molecule has 2 aromatic carbocycles. The molecule has 9 heteroatoms. The van der Waals surface area contributed by atoms with Crippen LogP contribution in [0.2, 0.25) is 0 Å². The number of benzene rings is 2. The van der Waals surface area contributed by atoms with Gasteiger partial charge < -0.3 is 14.2 Å². The summed E-state index contributed by atoms with van der Waals surface area (Å²) in [4.78, 5) is 32.4. The molecule has 4 fully saturated rings. The van der Waals surface area contributed by atoms with E-state index < -0.39 is 11.0 Å². The molecule has 1 aromatic heterocycles. The quantitative estimate of drug-likeness (QED) is 0.384. The minimum Gasteiger partial charge on any atom is -0.497 e. The van der Waals surface area contributed by atoms with E-state index in [0.29, 0.717) is 30.1 Å². The van der Waals surface area contributed by atoms with E-state index in [2.05, 4.69) is 50.4 Å². The van der Waals surface area contributed by atoms with Crippen molar-refractivity contribution >= 4 is 39.8 Å². The number of carbonyl (C=O) groups is 2. The summed E-state index contributed by atoms with van der Waals surface area (Å²) in [7, 11) is 2.40. The maximum absolute atomic E-state index is 14.5. The number of aromatic nitrogens is 1. The molecule has 3 aromatic rings. The maximum Gasteiger partial charge on any atom is 0.263 e. The third-order valence-electron chi connectivity index (χ3n) is 11.5. The van der Waals surface area contributed by atoms with E-state index in [1.807, 2.05) is 32.0 Å². The van der Waals surface area contributed by atoms with Gasteiger partial charge in [-0.25, -0.2) is 4.21 Å². The standard InChI is InChI=1S/C36H42N4O4S/c1-21(2)45(43)37-34(41)23-10-12-28-29(18-23)39-19-25(35(42)40-30-14-15-36(30)31(40)20-38(36)3)16-24-17-26(44-4)11-13-27(24)33(39)32(28)22-8-6-5-7-9-22/h10-13,16-18,21-22,30-31H,5-9,14-15,19-20H2,1-4H3,(H,37,41). The summed E-state index contributed by atoms with van der Waals surface area (Å²) in [5.74, 6) is 0.937. The SMILES string of the molecule is COc1ccc2c(c1)C=C(C(=O)N1C3CCC34C1CN4C)Cn1c-2c(C2CCCCC2)c2ccc(C(=O)NS(=O)C(C)C)cc21. The second kappa shape index (κ2) is 10.6. The van der Waals surface area contributed by atoms with Gasteiger partial charge in [-0.05, 0) is 100 Å². The van der Waals surface area contributed by atoms with Crippen LogP contribution in [0.1, 0.15) is 86.2 Å². The summed E-state index contributed by atoms with van der Waals surface area (Å²) in [6, 6.07) is 12.7. The first-order valence-corrected chi connectivity index (χ1v) is 17.7. The van der Waals surface area contributed by atoms with Crippen LogP contribution in [0.3, 0.4) is 0 Å². The molecule has 0 bridgehead atoms. The summed E-state index contributed by atoms with van der Waals surface area (Å²) in [5.41, 5.74) is 6.92. The Bertz CT molecular complexity index is 1800. The molecule has 4 heterocycles. The highest BCUT2D eigenvalue weighted by Crippen LogP contribution is 2.60. The Labute approximate surface area is 267 Å². The molecule has 2 saturated heterocycles. The molecule has 4 atom stereocenters. The molecule has 1 N–H and O–H groups in total. The van der Waals surface area contributed by atoms with E-state index in [1.165, 1.54) is 31.2 Å². The Kier molecular flexibility index (Phi) is 6.80. The summed E-state index contributed by atoms with van der Waals surface area (Å²) in [6.45, 7) is 5.01. The molecule has 5 aliphatic rings. The largest absolute Gasteiger partial charge is 0.497 e. The van der Waals surface area contributed by atoms with Crippen molar-refractivity contribution in [2.45, 2.75) is 94.1 Å². The molecule has 1 spiro atoms. The second-order valence-electron chi connectivity index (χ2n) is 14.0. The Balaban J connectivity index is 1.29. The maximum atomic E-state index is 14.5. The number of hydrogen-bond acceptors (Lipinski definition) is 5. The van der Waals surface area contributed by atoms with Crippen molar-refractivity contribution in [2.24, 2.45) is 0 Å². The highest BCUT2D eigenvalue weighted by molar-refractivity contribution is 7.84. The third-order valence-corrected chi connectivity index (χ3v) is 12.7. The number of piperazine rings is 1. The number of fused-ring (bicyclic) bond motifs is 5. The fourth-order valence-corrected chi connectivity index (χ4v) is 9.54. The van der Waals surface area contributed by atoms with Gasteiger partial charge in [0.2, 0.25) is 0 Å². The number of carbonyl (C=O) groups excluding carboxylic acids is 2. The number of ether oxygens (including phenoxy) is 1. The normalized spacial score (nSPS) is 26.2. The summed E-state index contributed by atoms with van der Waals surface area (Å²) in [6.07, 6.45) is 10.2. The lowest BCUT2D eigenvalue weighted by Gasteiger charge is -2.80.